The maximum Gasteiger partial charge on any atom is 0.416 e. The summed E-state index contributed by atoms with van der Waals surface area (Å²) in [5.74, 6) is -0.129. The summed E-state index contributed by atoms with van der Waals surface area (Å²) in [6.45, 7) is 0. The zero-order valence-electron chi connectivity index (χ0n) is 13.7. The van der Waals surface area contributed by atoms with Gasteiger partial charge in [-0.1, -0.05) is 0 Å². The molecule has 0 saturated carbocycles. The lowest BCUT2D eigenvalue weighted by molar-refractivity contribution is -0.143. The smallest absolute Gasteiger partial charge is 0.416 e. The first-order chi connectivity index (χ1) is 12.3. The lowest BCUT2D eigenvalue weighted by Crippen LogP contribution is -2.41. The minimum absolute atomic E-state index is 0.0261. The monoisotopic (exact) mass is 395 g/mol. The molecule has 0 aliphatic rings. The number of alkyl halides is 6. The van der Waals surface area contributed by atoms with E-state index in [-0.39, 0.29) is 25.3 Å². The third kappa shape index (κ3) is 7.21. The van der Waals surface area contributed by atoms with Crippen LogP contribution in [0.5, 0.6) is 0 Å². The fraction of sp³-hybridized carbons (Fsp3) is 0.412. The minimum Gasteiger partial charge on any atom is -0.480 e. The van der Waals surface area contributed by atoms with E-state index in [0.29, 0.717) is 12.1 Å². The summed E-state index contributed by atoms with van der Waals surface area (Å²) in [7, 11) is 0. The van der Waals surface area contributed by atoms with Gasteiger partial charge in [0.2, 0.25) is 5.91 Å². The van der Waals surface area contributed by atoms with Gasteiger partial charge in [-0.05, 0) is 36.6 Å². The second kappa shape index (κ2) is 8.79. The Kier molecular flexibility index (Phi) is 7.28. The van der Waals surface area contributed by atoms with Gasteiger partial charge in [-0.2, -0.15) is 26.3 Å². The van der Waals surface area contributed by atoms with Crippen molar-refractivity contribution in [2.24, 2.45) is 0 Å². The van der Waals surface area contributed by atoms with E-state index in [9.17, 15) is 35.9 Å². The molecule has 1 aromatic rings. The quantitative estimate of drug-likeness (QED) is 0.421. The zero-order chi connectivity index (χ0) is 20.8. The summed E-state index contributed by atoms with van der Waals surface area (Å²) in [4.78, 5) is 23.0. The second-order valence-corrected chi connectivity index (χ2v) is 5.65. The van der Waals surface area contributed by atoms with E-state index >= 15 is 0 Å². The molecule has 1 aromatic carbocycles. The van der Waals surface area contributed by atoms with Crippen LogP contribution in [0, 0.1) is 12.3 Å². The van der Waals surface area contributed by atoms with E-state index in [2.05, 4.69) is 11.2 Å². The van der Waals surface area contributed by atoms with Crippen molar-refractivity contribution >= 4 is 11.9 Å². The van der Waals surface area contributed by atoms with Gasteiger partial charge >= 0.3 is 18.3 Å². The lowest BCUT2D eigenvalue weighted by Gasteiger charge is -2.16. The summed E-state index contributed by atoms with van der Waals surface area (Å²) >= 11 is 0. The van der Waals surface area contributed by atoms with Crippen LogP contribution in [0.25, 0.3) is 0 Å². The molecule has 0 unspecified atom stereocenters. The number of halogens is 6. The van der Waals surface area contributed by atoms with Crippen LogP contribution in [-0.2, 0) is 28.4 Å². The van der Waals surface area contributed by atoms with Crippen LogP contribution in [-0.4, -0.2) is 23.0 Å². The van der Waals surface area contributed by atoms with E-state index in [1.807, 2.05) is 0 Å². The molecular formula is C17H15F6NO3. The third-order valence-corrected chi connectivity index (χ3v) is 3.46. The number of benzene rings is 1. The van der Waals surface area contributed by atoms with Gasteiger partial charge in [0.15, 0.2) is 0 Å². The maximum atomic E-state index is 12.8. The van der Waals surface area contributed by atoms with Gasteiger partial charge in [0, 0.05) is 6.42 Å². The minimum atomic E-state index is -5.04. The van der Waals surface area contributed by atoms with Crippen molar-refractivity contribution in [2.75, 3.05) is 0 Å². The highest BCUT2D eigenvalue weighted by Gasteiger charge is 2.37. The molecule has 0 bridgehead atoms. The van der Waals surface area contributed by atoms with Crippen LogP contribution in [0.1, 0.15) is 36.0 Å². The Hall–Kier alpha value is -2.70. The van der Waals surface area contributed by atoms with Gasteiger partial charge < -0.3 is 10.4 Å². The van der Waals surface area contributed by atoms with Crippen molar-refractivity contribution in [3.63, 3.8) is 0 Å². The van der Waals surface area contributed by atoms with Gasteiger partial charge in [-0.25, -0.2) is 4.79 Å². The Morgan fingerprint density at radius 3 is 2.00 bits per heavy atom. The van der Waals surface area contributed by atoms with Gasteiger partial charge in [-0.15, -0.1) is 12.3 Å². The van der Waals surface area contributed by atoms with Crippen LogP contribution < -0.4 is 5.32 Å². The van der Waals surface area contributed by atoms with Gasteiger partial charge in [0.05, 0.1) is 17.5 Å². The molecule has 1 rings (SSSR count). The first-order valence-electron chi connectivity index (χ1n) is 7.58. The predicted molar refractivity (Wildman–Crippen MR) is 82.4 cm³/mol. The maximum absolute atomic E-state index is 12.8. The first kappa shape index (κ1) is 22.3. The molecule has 0 radical (unpaired) electrons. The molecule has 0 aliphatic carbocycles. The topological polar surface area (TPSA) is 66.4 Å². The standard InChI is InChI=1S/C17H15F6NO3/c1-2-3-4-5-13(15(26)27)24-14(25)8-10-6-11(16(18,19)20)9-12(7-10)17(21,22)23/h1,6-7,9,13H,3-5,8H2,(H,24,25)(H,26,27)/t13-/m1/s1. The fourth-order valence-electron chi connectivity index (χ4n) is 2.22. The number of carbonyl (C=O) groups excluding carboxylic acids is 1. The number of hydrogen-bond acceptors (Lipinski definition) is 2. The molecule has 0 saturated heterocycles. The molecule has 10 heteroatoms. The van der Waals surface area contributed by atoms with E-state index in [0.717, 1.165) is 0 Å². The fourth-order valence-corrected chi connectivity index (χ4v) is 2.22. The number of carboxylic acids is 1. The highest BCUT2D eigenvalue weighted by atomic mass is 19.4. The molecule has 0 fully saturated rings. The molecule has 0 heterocycles. The number of terminal acetylenes is 1. The number of rotatable bonds is 7. The normalized spacial score (nSPS) is 12.9. The SMILES string of the molecule is C#CCCC[C@@H](NC(=O)Cc1cc(C(F)(F)F)cc(C(F)(F)F)c1)C(=O)O. The Balaban J connectivity index is 3.00. The third-order valence-electron chi connectivity index (χ3n) is 3.46. The Morgan fingerprint density at radius 2 is 1.59 bits per heavy atom. The highest BCUT2D eigenvalue weighted by molar-refractivity contribution is 5.84. The summed E-state index contributed by atoms with van der Waals surface area (Å²) < 4.78 is 76.8. The van der Waals surface area contributed by atoms with Crippen molar-refractivity contribution in [1.29, 1.82) is 0 Å². The van der Waals surface area contributed by atoms with Crippen molar-refractivity contribution in [2.45, 2.75) is 44.1 Å². The number of unbranched alkanes of at least 4 members (excludes halogenated alkanes) is 1. The van der Waals surface area contributed by atoms with Crippen LogP contribution in [0.4, 0.5) is 26.3 Å². The molecule has 0 spiro atoms. The molecule has 148 valence electrons. The average Bonchev–Trinajstić information content (AvgIpc) is 2.52. The Bertz CT molecular complexity index is 701. The number of aliphatic carboxylic acids is 1. The van der Waals surface area contributed by atoms with Gasteiger partial charge in [0.1, 0.15) is 6.04 Å². The van der Waals surface area contributed by atoms with Crippen molar-refractivity contribution in [3.8, 4) is 12.3 Å². The van der Waals surface area contributed by atoms with Crippen LogP contribution in [0.15, 0.2) is 18.2 Å². The molecular weight excluding hydrogens is 380 g/mol. The van der Waals surface area contributed by atoms with E-state index in [1.54, 1.807) is 0 Å². The first-order valence-corrected chi connectivity index (χ1v) is 7.58. The molecule has 0 aliphatic heterocycles. The molecule has 4 nitrogen and oxygen atoms in total. The van der Waals surface area contributed by atoms with Gasteiger partial charge in [-0.3, -0.25) is 4.79 Å². The molecule has 1 amide bonds. The summed E-state index contributed by atoms with van der Waals surface area (Å²) in [5.41, 5.74) is -3.64. The van der Waals surface area contributed by atoms with Crippen LogP contribution in [0.2, 0.25) is 0 Å². The van der Waals surface area contributed by atoms with E-state index < -0.39 is 53.4 Å². The summed E-state index contributed by atoms with van der Waals surface area (Å²) in [6, 6.07) is -0.564. The molecule has 0 aromatic heterocycles. The number of nitrogens with one attached hydrogen (secondary N) is 1. The summed E-state index contributed by atoms with van der Waals surface area (Å²) in [6.07, 6.45) is -5.39. The number of amides is 1. The number of carboxylic acid groups (broad SMARTS) is 1. The van der Waals surface area contributed by atoms with Crippen molar-refractivity contribution < 1.29 is 41.0 Å². The van der Waals surface area contributed by atoms with Crippen molar-refractivity contribution in [3.05, 3.63) is 34.9 Å². The second-order valence-electron chi connectivity index (χ2n) is 5.65. The highest BCUT2D eigenvalue weighted by Crippen LogP contribution is 2.36. The summed E-state index contributed by atoms with van der Waals surface area (Å²) in [5, 5.41) is 11.1. The average molecular weight is 395 g/mol. The number of carbonyl (C=O) groups is 2. The van der Waals surface area contributed by atoms with Gasteiger partial charge in [0.25, 0.3) is 0 Å². The molecule has 2 N–H and O–H groups in total. The predicted octanol–water partition coefficient (Wildman–Crippen LogP) is 3.64. The molecule has 27 heavy (non-hydrogen) atoms. The Labute approximate surface area is 150 Å². The number of hydrogen-bond donors (Lipinski definition) is 2. The molecule has 1 atom stereocenters. The zero-order valence-corrected chi connectivity index (χ0v) is 13.7. The van der Waals surface area contributed by atoms with E-state index in [4.69, 9.17) is 11.5 Å². The van der Waals surface area contributed by atoms with E-state index in [1.165, 1.54) is 0 Å². The Morgan fingerprint density at radius 1 is 1.07 bits per heavy atom. The lowest BCUT2D eigenvalue weighted by atomic mass is 10.0. The largest absolute Gasteiger partial charge is 0.480 e. The van der Waals surface area contributed by atoms with Crippen LogP contribution >= 0.6 is 0 Å². The van der Waals surface area contributed by atoms with Crippen molar-refractivity contribution in [1.82, 2.24) is 5.32 Å². The van der Waals surface area contributed by atoms with Crippen LogP contribution in [0.3, 0.4) is 0 Å².